The fraction of sp³-hybridized carbons (Fsp3) is 0.667. The van der Waals surface area contributed by atoms with Gasteiger partial charge >= 0.3 is 5.97 Å². The van der Waals surface area contributed by atoms with Gasteiger partial charge in [-0.25, -0.2) is 4.79 Å². The number of nitrogens with zero attached hydrogens (tertiary/aromatic N) is 2. The Balaban J connectivity index is 1.33. The molecule has 3 aliphatic heterocycles. The van der Waals surface area contributed by atoms with Crippen molar-refractivity contribution in [3.63, 3.8) is 0 Å². The molecular formula is C24H32N2O4. The van der Waals surface area contributed by atoms with Crippen LogP contribution in [0.15, 0.2) is 18.2 Å². The minimum absolute atomic E-state index is 0.0333. The summed E-state index contributed by atoms with van der Waals surface area (Å²) in [6.07, 6.45) is 8.22. The van der Waals surface area contributed by atoms with Crippen molar-refractivity contribution in [1.29, 1.82) is 0 Å². The van der Waals surface area contributed by atoms with Crippen molar-refractivity contribution >= 4 is 11.9 Å². The third-order valence-electron chi connectivity index (χ3n) is 7.79. The summed E-state index contributed by atoms with van der Waals surface area (Å²) in [4.78, 5) is 29.8. The first-order valence-corrected chi connectivity index (χ1v) is 11.5. The topological polar surface area (TPSA) is 59.1 Å². The Bertz CT molecular complexity index is 826. The molecule has 3 fully saturated rings. The Morgan fingerprint density at radius 3 is 2.83 bits per heavy atom. The van der Waals surface area contributed by atoms with Crippen molar-refractivity contribution in [1.82, 2.24) is 9.80 Å². The average molecular weight is 413 g/mol. The summed E-state index contributed by atoms with van der Waals surface area (Å²) in [6.45, 7) is 3.42. The Hall–Kier alpha value is -1.92. The number of esters is 1. The number of hydrogen-bond acceptors (Lipinski definition) is 5. The van der Waals surface area contributed by atoms with Gasteiger partial charge in [0.25, 0.3) is 0 Å². The van der Waals surface area contributed by atoms with E-state index in [0.717, 1.165) is 62.9 Å². The molecule has 1 aliphatic carbocycles. The van der Waals surface area contributed by atoms with Gasteiger partial charge in [-0.05, 0) is 69.7 Å². The molecule has 3 heterocycles. The Morgan fingerprint density at radius 2 is 2.07 bits per heavy atom. The summed E-state index contributed by atoms with van der Waals surface area (Å²) in [5.74, 6) is -0.156. The third-order valence-corrected chi connectivity index (χ3v) is 7.79. The van der Waals surface area contributed by atoms with Crippen LogP contribution in [-0.2, 0) is 27.3 Å². The maximum absolute atomic E-state index is 13.3. The van der Waals surface area contributed by atoms with Gasteiger partial charge in [-0.1, -0.05) is 12.1 Å². The number of likely N-dealkylation sites (N-methyl/N-ethyl adjacent to an activating group) is 1. The molecular weight excluding hydrogens is 380 g/mol. The lowest BCUT2D eigenvalue weighted by atomic mass is 9.76. The second-order valence-corrected chi connectivity index (χ2v) is 9.46. The van der Waals surface area contributed by atoms with Gasteiger partial charge in [0.2, 0.25) is 5.91 Å². The molecule has 0 bridgehead atoms. The number of amides is 1. The summed E-state index contributed by atoms with van der Waals surface area (Å²) in [7, 11) is 1.97. The minimum Gasteiger partial charge on any atom is -0.457 e. The van der Waals surface area contributed by atoms with Crippen LogP contribution >= 0.6 is 0 Å². The van der Waals surface area contributed by atoms with E-state index in [9.17, 15) is 9.59 Å². The van der Waals surface area contributed by atoms with E-state index in [0.29, 0.717) is 18.0 Å². The number of hydrogen-bond donors (Lipinski definition) is 0. The lowest BCUT2D eigenvalue weighted by Gasteiger charge is -2.48. The van der Waals surface area contributed by atoms with Crippen LogP contribution in [0.3, 0.4) is 0 Å². The molecule has 1 amide bonds. The quantitative estimate of drug-likeness (QED) is 0.712. The highest BCUT2D eigenvalue weighted by molar-refractivity contribution is 5.94. The van der Waals surface area contributed by atoms with Gasteiger partial charge < -0.3 is 14.4 Å². The molecule has 3 atom stereocenters. The van der Waals surface area contributed by atoms with Crippen LogP contribution in [0.2, 0.25) is 0 Å². The van der Waals surface area contributed by atoms with Crippen LogP contribution in [-0.4, -0.2) is 66.1 Å². The van der Waals surface area contributed by atoms with Crippen LogP contribution < -0.4 is 0 Å². The van der Waals surface area contributed by atoms with Gasteiger partial charge in [-0.3, -0.25) is 9.69 Å². The lowest BCUT2D eigenvalue weighted by molar-refractivity contribution is -0.136. The van der Waals surface area contributed by atoms with Crippen molar-refractivity contribution in [2.45, 2.75) is 75.7 Å². The van der Waals surface area contributed by atoms with E-state index in [2.05, 4.69) is 4.90 Å². The second kappa shape index (κ2) is 7.97. The molecule has 30 heavy (non-hydrogen) atoms. The molecule has 0 aromatic heterocycles. The molecule has 4 aliphatic rings. The smallest absolute Gasteiger partial charge is 0.338 e. The predicted octanol–water partition coefficient (Wildman–Crippen LogP) is 2.92. The van der Waals surface area contributed by atoms with Crippen LogP contribution in [0.5, 0.6) is 0 Å². The zero-order valence-electron chi connectivity index (χ0n) is 17.9. The molecule has 0 N–H and O–H groups in total. The van der Waals surface area contributed by atoms with Crippen LogP contribution in [0.1, 0.15) is 66.4 Å². The van der Waals surface area contributed by atoms with Gasteiger partial charge in [0.15, 0.2) is 0 Å². The fourth-order valence-electron chi connectivity index (χ4n) is 6.08. The van der Waals surface area contributed by atoms with Gasteiger partial charge in [-0.15, -0.1) is 0 Å². The summed E-state index contributed by atoms with van der Waals surface area (Å²) >= 11 is 0. The first-order valence-electron chi connectivity index (χ1n) is 11.5. The van der Waals surface area contributed by atoms with Crippen molar-refractivity contribution in [2.75, 3.05) is 26.7 Å². The van der Waals surface area contributed by atoms with Crippen LogP contribution in [0.25, 0.3) is 0 Å². The molecule has 0 unspecified atom stereocenters. The second-order valence-electron chi connectivity index (χ2n) is 9.46. The Morgan fingerprint density at radius 1 is 1.23 bits per heavy atom. The SMILES string of the molecule is CN(C(=O)Cc1cccc2c1COC2=O)[C@H]1CC[C@]2(CCCO2)C[C@H]1N1CCCC1. The van der Waals surface area contributed by atoms with Gasteiger partial charge in [0, 0.05) is 31.3 Å². The van der Waals surface area contributed by atoms with E-state index in [4.69, 9.17) is 9.47 Å². The number of fused-ring (bicyclic) bond motifs is 1. The van der Waals surface area contributed by atoms with Crippen molar-refractivity contribution < 1.29 is 19.1 Å². The minimum atomic E-state index is -0.282. The first-order chi connectivity index (χ1) is 14.6. The fourth-order valence-corrected chi connectivity index (χ4v) is 6.08. The Labute approximate surface area is 178 Å². The normalized spacial score (nSPS) is 31.2. The zero-order valence-corrected chi connectivity index (χ0v) is 17.9. The van der Waals surface area contributed by atoms with E-state index < -0.39 is 0 Å². The molecule has 2 saturated heterocycles. The summed E-state index contributed by atoms with van der Waals surface area (Å²) < 4.78 is 11.4. The van der Waals surface area contributed by atoms with Gasteiger partial charge in [0.1, 0.15) is 6.61 Å². The largest absolute Gasteiger partial charge is 0.457 e. The molecule has 1 aromatic rings. The number of benzene rings is 1. The molecule has 1 spiro atoms. The molecule has 6 heteroatoms. The number of cyclic esters (lactones) is 1. The monoisotopic (exact) mass is 412 g/mol. The number of carbonyl (C=O) groups excluding carboxylic acids is 2. The molecule has 162 valence electrons. The highest BCUT2D eigenvalue weighted by atomic mass is 16.5. The maximum atomic E-state index is 13.3. The van der Waals surface area contributed by atoms with Crippen LogP contribution in [0.4, 0.5) is 0 Å². The Kier molecular flexibility index (Phi) is 5.31. The highest BCUT2D eigenvalue weighted by Gasteiger charge is 2.47. The molecule has 5 rings (SSSR count). The lowest BCUT2D eigenvalue weighted by Crippen LogP contribution is -2.58. The predicted molar refractivity (Wildman–Crippen MR) is 112 cm³/mol. The number of ether oxygens (including phenoxy) is 2. The maximum Gasteiger partial charge on any atom is 0.338 e. The highest BCUT2D eigenvalue weighted by Crippen LogP contribution is 2.43. The van der Waals surface area contributed by atoms with Crippen molar-refractivity contribution in [3.05, 3.63) is 34.9 Å². The van der Waals surface area contributed by atoms with Gasteiger partial charge in [0.05, 0.1) is 17.6 Å². The summed E-state index contributed by atoms with van der Waals surface area (Å²) in [5, 5.41) is 0. The van der Waals surface area contributed by atoms with E-state index in [1.807, 2.05) is 24.1 Å². The zero-order chi connectivity index (χ0) is 20.7. The summed E-state index contributed by atoms with van der Waals surface area (Å²) in [6, 6.07) is 6.18. The van der Waals surface area contributed by atoms with E-state index in [-0.39, 0.29) is 30.1 Å². The van der Waals surface area contributed by atoms with Crippen molar-refractivity contribution in [2.24, 2.45) is 0 Å². The molecule has 0 radical (unpaired) electrons. The van der Waals surface area contributed by atoms with Crippen molar-refractivity contribution in [3.8, 4) is 0 Å². The molecule has 6 nitrogen and oxygen atoms in total. The summed E-state index contributed by atoms with van der Waals surface area (Å²) in [5.41, 5.74) is 2.43. The van der Waals surface area contributed by atoms with Crippen LogP contribution in [0, 0.1) is 0 Å². The third kappa shape index (κ3) is 3.54. The first kappa shape index (κ1) is 20.0. The average Bonchev–Trinajstić information content (AvgIpc) is 3.51. The number of likely N-dealkylation sites (tertiary alicyclic amines) is 1. The van der Waals surface area contributed by atoms with E-state index >= 15 is 0 Å². The molecule has 1 saturated carbocycles. The number of carbonyl (C=O) groups is 2. The molecule has 1 aromatic carbocycles. The van der Waals surface area contributed by atoms with E-state index in [1.54, 1.807) is 6.07 Å². The van der Waals surface area contributed by atoms with E-state index in [1.165, 1.54) is 12.8 Å². The van der Waals surface area contributed by atoms with Gasteiger partial charge in [-0.2, -0.15) is 0 Å². The standard InChI is InChI=1S/C24H32N2O4/c1-25(22(27)14-17-6-4-7-18-19(17)16-29-23(18)28)20-8-10-24(9-5-13-30-24)15-21(20)26-11-2-3-12-26/h4,6-7,20-21H,2-3,5,8-16H2,1H3/t20-,21+,24+/m0/s1. The number of rotatable bonds is 4.